The number of rotatable bonds is 4. The van der Waals surface area contributed by atoms with Crippen molar-refractivity contribution in [2.24, 2.45) is 11.3 Å². The maximum Gasteiger partial charge on any atom is 0.407 e. The van der Waals surface area contributed by atoms with Crippen LogP contribution in [0.1, 0.15) is 18.4 Å². The molecule has 2 fully saturated rings. The molecule has 3 rings (SSSR count). The van der Waals surface area contributed by atoms with Gasteiger partial charge in [-0.1, -0.05) is 30.3 Å². The molecule has 1 saturated carbocycles. The second kappa shape index (κ2) is 6.51. The van der Waals surface area contributed by atoms with E-state index in [0.29, 0.717) is 19.4 Å². The fraction of sp³-hybridized carbons (Fsp3) is 0.471. The molecular weight excluding hydrogens is 312 g/mol. The van der Waals surface area contributed by atoms with Gasteiger partial charge in [-0.3, -0.25) is 9.59 Å². The van der Waals surface area contributed by atoms with Crippen LogP contribution in [0.15, 0.2) is 30.3 Å². The molecule has 7 heteroatoms. The number of carbonyl (C=O) groups excluding carboxylic acids is 3. The van der Waals surface area contributed by atoms with Gasteiger partial charge < -0.3 is 20.1 Å². The predicted molar refractivity (Wildman–Crippen MR) is 83.7 cm³/mol. The minimum atomic E-state index is -0.791. The Labute approximate surface area is 139 Å². The number of nitrogens with one attached hydrogen (secondary N) is 2. The van der Waals surface area contributed by atoms with Crippen LogP contribution in [0.3, 0.4) is 0 Å². The number of ether oxygens (including phenoxy) is 2. The first-order valence-corrected chi connectivity index (χ1v) is 7.87. The number of amides is 2. The first-order valence-electron chi connectivity index (χ1n) is 7.87. The Hall–Kier alpha value is -2.57. The lowest BCUT2D eigenvalue weighted by molar-refractivity contribution is -0.155. The van der Waals surface area contributed by atoms with E-state index in [1.807, 2.05) is 30.3 Å². The maximum absolute atomic E-state index is 11.9. The topological polar surface area (TPSA) is 93.7 Å². The summed E-state index contributed by atoms with van der Waals surface area (Å²) in [5.41, 5.74) is 0.454. The number of carbonyl (C=O) groups is 3. The molecule has 1 aliphatic carbocycles. The van der Waals surface area contributed by atoms with Gasteiger partial charge in [-0.15, -0.1) is 0 Å². The third-order valence-electron chi connectivity index (χ3n) is 4.77. The van der Waals surface area contributed by atoms with Gasteiger partial charge in [0.2, 0.25) is 5.91 Å². The summed E-state index contributed by atoms with van der Waals surface area (Å²) in [6.45, 7) is 0.637. The van der Waals surface area contributed by atoms with Crippen LogP contribution < -0.4 is 10.6 Å². The van der Waals surface area contributed by atoms with E-state index in [9.17, 15) is 14.4 Å². The Kier molecular flexibility index (Phi) is 4.42. The highest BCUT2D eigenvalue weighted by molar-refractivity contribution is 6.00. The second-order valence-electron chi connectivity index (χ2n) is 6.35. The van der Waals surface area contributed by atoms with Crippen LogP contribution in [0.5, 0.6) is 0 Å². The summed E-state index contributed by atoms with van der Waals surface area (Å²) < 4.78 is 9.91. The molecular formula is C17H20N2O5. The molecule has 7 nitrogen and oxygen atoms in total. The van der Waals surface area contributed by atoms with Gasteiger partial charge in [0.25, 0.3) is 0 Å². The van der Waals surface area contributed by atoms with Crippen LogP contribution >= 0.6 is 0 Å². The number of esters is 1. The SMILES string of the molecule is COC(=O)[C@H]1C(=O)NCC12CC(NC(=O)OCc1ccccc1)C2. The number of hydrogen-bond donors (Lipinski definition) is 2. The number of methoxy groups -OCH3 is 1. The number of benzene rings is 1. The van der Waals surface area contributed by atoms with E-state index in [1.165, 1.54) is 7.11 Å². The third kappa shape index (κ3) is 3.06. The summed E-state index contributed by atoms with van der Waals surface area (Å²) in [6, 6.07) is 9.30. The average Bonchev–Trinajstić information content (AvgIpc) is 2.90. The van der Waals surface area contributed by atoms with Crippen LogP contribution in [-0.4, -0.2) is 37.7 Å². The van der Waals surface area contributed by atoms with Crippen molar-refractivity contribution in [2.45, 2.75) is 25.5 Å². The van der Waals surface area contributed by atoms with E-state index in [2.05, 4.69) is 10.6 Å². The summed E-state index contributed by atoms with van der Waals surface area (Å²) in [7, 11) is 1.27. The molecule has 0 bridgehead atoms. The summed E-state index contributed by atoms with van der Waals surface area (Å²) >= 11 is 0. The lowest BCUT2D eigenvalue weighted by Gasteiger charge is -2.46. The summed E-state index contributed by atoms with van der Waals surface area (Å²) in [5.74, 6) is -1.61. The standard InChI is InChI=1S/C17H20N2O5/c1-23-15(21)13-14(20)18-10-17(13)7-12(8-17)19-16(22)24-9-11-5-3-2-4-6-11/h2-6,12-13H,7-10H2,1H3,(H,18,20)(H,19,22)/t12?,13-,17?/m1/s1. The van der Waals surface area contributed by atoms with Crippen molar-refractivity contribution in [3.8, 4) is 0 Å². The Morgan fingerprint density at radius 2 is 2.00 bits per heavy atom. The largest absolute Gasteiger partial charge is 0.468 e. The highest BCUT2D eigenvalue weighted by atomic mass is 16.5. The van der Waals surface area contributed by atoms with Gasteiger partial charge in [0, 0.05) is 18.0 Å². The second-order valence-corrected chi connectivity index (χ2v) is 6.35. The number of hydrogen-bond acceptors (Lipinski definition) is 5. The average molecular weight is 332 g/mol. The van der Waals surface area contributed by atoms with Gasteiger partial charge in [-0.25, -0.2) is 4.79 Å². The predicted octanol–water partition coefficient (Wildman–Crippen LogP) is 0.981. The Morgan fingerprint density at radius 3 is 2.67 bits per heavy atom. The van der Waals surface area contributed by atoms with Gasteiger partial charge in [0.1, 0.15) is 12.5 Å². The fourth-order valence-corrected chi connectivity index (χ4v) is 3.56. The number of alkyl carbamates (subject to hydrolysis) is 1. The molecule has 1 atom stereocenters. The third-order valence-corrected chi connectivity index (χ3v) is 4.77. The zero-order valence-electron chi connectivity index (χ0n) is 13.4. The summed E-state index contributed by atoms with van der Waals surface area (Å²) in [5, 5.41) is 5.49. The molecule has 1 heterocycles. The summed E-state index contributed by atoms with van der Waals surface area (Å²) in [6.07, 6.45) is 0.600. The molecule has 1 spiro atoms. The fourth-order valence-electron chi connectivity index (χ4n) is 3.56. The first-order chi connectivity index (χ1) is 11.5. The zero-order chi connectivity index (χ0) is 17.2. The zero-order valence-corrected chi connectivity index (χ0v) is 13.4. The molecule has 24 heavy (non-hydrogen) atoms. The smallest absolute Gasteiger partial charge is 0.407 e. The molecule has 0 unspecified atom stereocenters. The molecule has 0 aromatic heterocycles. The highest BCUT2D eigenvalue weighted by Gasteiger charge is 2.59. The normalized spacial score (nSPS) is 28.0. The van der Waals surface area contributed by atoms with Crippen LogP contribution in [0.25, 0.3) is 0 Å². The van der Waals surface area contributed by atoms with E-state index in [1.54, 1.807) is 0 Å². The van der Waals surface area contributed by atoms with Gasteiger partial charge in [0.15, 0.2) is 0 Å². The molecule has 1 saturated heterocycles. The molecule has 2 N–H and O–H groups in total. The van der Waals surface area contributed by atoms with Crippen molar-refractivity contribution in [3.05, 3.63) is 35.9 Å². The van der Waals surface area contributed by atoms with E-state index in [4.69, 9.17) is 9.47 Å². The minimum absolute atomic E-state index is 0.104. The monoisotopic (exact) mass is 332 g/mol. The quantitative estimate of drug-likeness (QED) is 0.633. The molecule has 2 amide bonds. The Morgan fingerprint density at radius 1 is 1.29 bits per heavy atom. The molecule has 1 aromatic carbocycles. The van der Waals surface area contributed by atoms with E-state index in [-0.39, 0.29) is 18.6 Å². The molecule has 1 aromatic rings. The van der Waals surface area contributed by atoms with Crippen molar-refractivity contribution in [1.29, 1.82) is 0 Å². The van der Waals surface area contributed by atoms with Crippen molar-refractivity contribution >= 4 is 18.0 Å². The van der Waals surface area contributed by atoms with Crippen molar-refractivity contribution < 1.29 is 23.9 Å². The minimum Gasteiger partial charge on any atom is -0.468 e. The van der Waals surface area contributed by atoms with Gasteiger partial charge in [-0.2, -0.15) is 0 Å². The highest BCUT2D eigenvalue weighted by Crippen LogP contribution is 2.50. The van der Waals surface area contributed by atoms with Crippen LogP contribution in [0.4, 0.5) is 4.79 Å². The van der Waals surface area contributed by atoms with Crippen LogP contribution in [0.2, 0.25) is 0 Å². The van der Waals surface area contributed by atoms with E-state index >= 15 is 0 Å². The lowest BCUT2D eigenvalue weighted by atomic mass is 9.60. The van der Waals surface area contributed by atoms with Crippen molar-refractivity contribution in [1.82, 2.24) is 10.6 Å². The Bertz CT molecular complexity index is 640. The Balaban J connectivity index is 1.48. The van der Waals surface area contributed by atoms with Crippen molar-refractivity contribution in [2.75, 3.05) is 13.7 Å². The lowest BCUT2D eigenvalue weighted by Crippen LogP contribution is -2.56. The van der Waals surface area contributed by atoms with E-state index < -0.39 is 23.4 Å². The van der Waals surface area contributed by atoms with Gasteiger partial charge >= 0.3 is 12.1 Å². The van der Waals surface area contributed by atoms with Crippen LogP contribution in [-0.2, 0) is 25.7 Å². The first kappa shape index (κ1) is 16.3. The molecule has 2 aliphatic rings. The van der Waals surface area contributed by atoms with Gasteiger partial charge in [0.05, 0.1) is 7.11 Å². The molecule has 0 radical (unpaired) electrons. The van der Waals surface area contributed by atoms with Crippen LogP contribution in [0, 0.1) is 11.3 Å². The van der Waals surface area contributed by atoms with Crippen molar-refractivity contribution in [3.63, 3.8) is 0 Å². The maximum atomic E-state index is 11.9. The summed E-state index contributed by atoms with van der Waals surface area (Å²) in [4.78, 5) is 35.5. The molecule has 128 valence electrons. The van der Waals surface area contributed by atoms with E-state index in [0.717, 1.165) is 5.56 Å². The molecule has 1 aliphatic heterocycles. The van der Waals surface area contributed by atoms with Gasteiger partial charge in [-0.05, 0) is 18.4 Å².